The van der Waals surface area contributed by atoms with Crippen molar-refractivity contribution in [2.75, 3.05) is 19.7 Å². The summed E-state index contributed by atoms with van der Waals surface area (Å²) in [5, 5.41) is 2.90. The topological polar surface area (TPSA) is 92.1 Å². The fourth-order valence-corrected chi connectivity index (χ4v) is 4.82. The van der Waals surface area contributed by atoms with Gasteiger partial charge in [-0.15, -0.1) is 0 Å². The lowest BCUT2D eigenvalue weighted by atomic mass is 9.96. The summed E-state index contributed by atoms with van der Waals surface area (Å²) in [6.45, 7) is 0.989. The van der Waals surface area contributed by atoms with Crippen LogP contribution in [0.15, 0.2) is 77.4 Å². The first-order valence-electron chi connectivity index (χ1n) is 11.8. The molecule has 9 heteroatoms. The largest absolute Gasteiger partial charge is 0.459 e. The van der Waals surface area contributed by atoms with Gasteiger partial charge in [-0.25, -0.2) is 4.39 Å². The van der Waals surface area contributed by atoms with Gasteiger partial charge >= 0.3 is 0 Å². The Labute approximate surface area is 207 Å². The number of halogens is 1. The number of hydrogen-bond acceptors (Lipinski definition) is 5. The molecule has 2 aromatic carbocycles. The molecule has 3 amide bonds. The van der Waals surface area contributed by atoms with Crippen LogP contribution in [-0.4, -0.2) is 59.0 Å². The molecule has 5 rings (SSSR count). The van der Waals surface area contributed by atoms with E-state index in [9.17, 15) is 18.8 Å². The maximum Gasteiger partial charge on any atom is 0.289 e. The van der Waals surface area contributed by atoms with E-state index in [0.717, 1.165) is 5.56 Å². The highest BCUT2D eigenvalue weighted by Gasteiger charge is 2.54. The van der Waals surface area contributed by atoms with Gasteiger partial charge in [0, 0.05) is 38.0 Å². The van der Waals surface area contributed by atoms with Crippen molar-refractivity contribution in [3.63, 3.8) is 0 Å². The van der Waals surface area contributed by atoms with Gasteiger partial charge in [0.25, 0.3) is 11.8 Å². The second kappa shape index (κ2) is 9.94. The minimum Gasteiger partial charge on any atom is -0.459 e. The number of rotatable bonds is 5. The summed E-state index contributed by atoms with van der Waals surface area (Å²) in [7, 11) is 0. The predicted molar refractivity (Wildman–Crippen MR) is 127 cm³/mol. The van der Waals surface area contributed by atoms with Crippen molar-refractivity contribution in [1.29, 1.82) is 0 Å². The van der Waals surface area contributed by atoms with E-state index in [1.54, 1.807) is 17.0 Å². The van der Waals surface area contributed by atoms with Gasteiger partial charge in [-0.05, 0) is 42.0 Å². The molecule has 186 valence electrons. The molecule has 8 nitrogen and oxygen atoms in total. The van der Waals surface area contributed by atoms with Gasteiger partial charge in [0.2, 0.25) is 5.91 Å². The SMILES string of the molecule is O=C(NCc1ccccc1)C1COC2(CCN(C(=O)c3ccco3)CC2)N1C(=O)c1ccc(F)cc1. The van der Waals surface area contributed by atoms with Crippen molar-refractivity contribution in [2.45, 2.75) is 31.2 Å². The summed E-state index contributed by atoms with van der Waals surface area (Å²) < 4.78 is 24.9. The van der Waals surface area contributed by atoms with Crippen molar-refractivity contribution in [1.82, 2.24) is 15.1 Å². The number of carbonyl (C=O) groups is 3. The smallest absolute Gasteiger partial charge is 0.289 e. The van der Waals surface area contributed by atoms with Crippen molar-refractivity contribution in [3.05, 3.63) is 95.7 Å². The quantitative estimate of drug-likeness (QED) is 0.592. The normalized spacial score (nSPS) is 18.9. The number of piperidine rings is 1. The maximum atomic E-state index is 13.7. The fraction of sp³-hybridized carbons (Fsp3) is 0.296. The first-order valence-corrected chi connectivity index (χ1v) is 11.8. The van der Waals surface area contributed by atoms with Crippen LogP contribution >= 0.6 is 0 Å². The number of benzene rings is 2. The minimum absolute atomic E-state index is 0.0275. The van der Waals surface area contributed by atoms with Crippen LogP contribution in [0.2, 0.25) is 0 Å². The first kappa shape index (κ1) is 23.7. The van der Waals surface area contributed by atoms with E-state index >= 15 is 0 Å². The zero-order chi connectivity index (χ0) is 25.1. The van der Waals surface area contributed by atoms with Gasteiger partial charge < -0.3 is 19.4 Å². The summed E-state index contributed by atoms with van der Waals surface area (Å²) in [4.78, 5) is 42.8. The predicted octanol–water partition coefficient (Wildman–Crippen LogP) is 3.21. The molecule has 1 unspecified atom stereocenters. The summed E-state index contributed by atoms with van der Waals surface area (Å²) in [6, 6.07) is 17.1. The Morgan fingerprint density at radius 1 is 0.944 bits per heavy atom. The van der Waals surface area contributed by atoms with E-state index < -0.39 is 23.5 Å². The summed E-state index contributed by atoms with van der Waals surface area (Å²) in [5.41, 5.74) is 0.136. The molecule has 3 heterocycles. The zero-order valence-electron chi connectivity index (χ0n) is 19.6. The van der Waals surface area contributed by atoms with E-state index in [1.165, 1.54) is 35.4 Å². The van der Waals surface area contributed by atoms with Gasteiger partial charge in [0.15, 0.2) is 5.76 Å². The molecule has 2 fully saturated rings. The van der Waals surface area contributed by atoms with Crippen molar-refractivity contribution in [3.8, 4) is 0 Å². The van der Waals surface area contributed by atoms with E-state index in [-0.39, 0.29) is 29.7 Å². The second-order valence-corrected chi connectivity index (χ2v) is 8.93. The molecule has 2 aliphatic rings. The molecule has 3 aromatic rings. The summed E-state index contributed by atoms with van der Waals surface area (Å²) in [5.74, 6) is -1.20. The Bertz CT molecular complexity index is 1220. The Morgan fingerprint density at radius 2 is 1.67 bits per heavy atom. The van der Waals surface area contributed by atoms with E-state index in [0.29, 0.717) is 32.5 Å². The molecule has 2 saturated heterocycles. The molecule has 0 radical (unpaired) electrons. The number of amides is 3. The molecule has 1 atom stereocenters. The molecule has 1 spiro atoms. The Hall–Kier alpha value is -3.98. The van der Waals surface area contributed by atoms with Crippen LogP contribution in [0.3, 0.4) is 0 Å². The highest BCUT2D eigenvalue weighted by molar-refractivity contribution is 5.98. The first-order chi connectivity index (χ1) is 17.5. The van der Waals surface area contributed by atoms with E-state index in [2.05, 4.69) is 5.32 Å². The highest BCUT2D eigenvalue weighted by atomic mass is 19.1. The lowest BCUT2D eigenvalue weighted by molar-refractivity contribution is -0.128. The average molecular weight is 492 g/mol. The number of furan rings is 1. The van der Waals surface area contributed by atoms with Crippen LogP contribution in [0.4, 0.5) is 4.39 Å². The molecular formula is C27H26FN3O5. The molecule has 0 aliphatic carbocycles. The van der Waals surface area contributed by atoms with Crippen molar-refractivity contribution in [2.24, 2.45) is 0 Å². The Kier molecular flexibility index (Phi) is 6.56. The van der Waals surface area contributed by atoms with E-state index in [4.69, 9.17) is 9.15 Å². The number of likely N-dealkylation sites (tertiary alicyclic amines) is 1. The Morgan fingerprint density at radius 3 is 2.33 bits per heavy atom. The maximum absolute atomic E-state index is 13.7. The molecular weight excluding hydrogens is 465 g/mol. The van der Waals surface area contributed by atoms with Gasteiger partial charge in [-0.2, -0.15) is 0 Å². The third-order valence-corrected chi connectivity index (χ3v) is 6.75. The van der Waals surface area contributed by atoms with Crippen LogP contribution in [0.1, 0.15) is 39.3 Å². The van der Waals surface area contributed by atoms with Gasteiger partial charge in [-0.1, -0.05) is 30.3 Å². The number of nitrogens with zero attached hydrogens (tertiary/aromatic N) is 2. The lowest BCUT2D eigenvalue weighted by Gasteiger charge is -2.44. The number of nitrogens with one attached hydrogen (secondary N) is 1. The molecule has 1 aromatic heterocycles. The fourth-order valence-electron chi connectivity index (χ4n) is 4.82. The zero-order valence-corrected chi connectivity index (χ0v) is 19.6. The average Bonchev–Trinajstić information content (AvgIpc) is 3.57. The van der Waals surface area contributed by atoms with Gasteiger partial charge in [-0.3, -0.25) is 19.3 Å². The molecule has 1 N–H and O–H groups in total. The minimum atomic E-state index is -1.06. The van der Waals surface area contributed by atoms with Crippen LogP contribution in [0.5, 0.6) is 0 Å². The highest BCUT2D eigenvalue weighted by Crippen LogP contribution is 2.39. The number of carbonyl (C=O) groups excluding carboxylic acids is 3. The molecule has 36 heavy (non-hydrogen) atoms. The second-order valence-electron chi connectivity index (χ2n) is 8.93. The summed E-state index contributed by atoms with van der Waals surface area (Å²) in [6.07, 6.45) is 2.10. The van der Waals surface area contributed by atoms with Gasteiger partial charge in [0.1, 0.15) is 17.6 Å². The molecule has 2 aliphatic heterocycles. The standard InChI is InChI=1S/C27H26FN3O5/c28-21-10-8-20(9-11-21)25(33)31-22(24(32)29-17-19-5-2-1-3-6-19)18-36-27(31)12-14-30(15-13-27)26(34)23-7-4-16-35-23/h1-11,16,22H,12-15,17-18H2,(H,29,32). The third-order valence-electron chi connectivity index (χ3n) is 6.75. The van der Waals surface area contributed by atoms with Crippen molar-refractivity contribution >= 4 is 17.7 Å². The van der Waals surface area contributed by atoms with Crippen LogP contribution in [0, 0.1) is 5.82 Å². The van der Waals surface area contributed by atoms with E-state index in [1.807, 2.05) is 30.3 Å². The van der Waals surface area contributed by atoms with Crippen molar-refractivity contribution < 1.29 is 27.9 Å². The lowest BCUT2D eigenvalue weighted by Crippen LogP contribution is -2.59. The number of hydrogen-bond donors (Lipinski definition) is 1. The Balaban J connectivity index is 1.36. The van der Waals surface area contributed by atoms with Crippen LogP contribution in [0.25, 0.3) is 0 Å². The van der Waals surface area contributed by atoms with Crippen LogP contribution in [-0.2, 0) is 16.1 Å². The number of ether oxygens (including phenoxy) is 1. The summed E-state index contributed by atoms with van der Waals surface area (Å²) >= 11 is 0. The van der Waals surface area contributed by atoms with Crippen LogP contribution < -0.4 is 5.32 Å². The third kappa shape index (κ3) is 4.61. The van der Waals surface area contributed by atoms with Gasteiger partial charge in [0.05, 0.1) is 12.9 Å². The molecule has 0 bridgehead atoms. The monoisotopic (exact) mass is 491 g/mol. The molecule has 0 saturated carbocycles.